The number of aromatic nitrogens is 3. The molecule has 2 aromatic rings. The second-order valence-corrected chi connectivity index (χ2v) is 4.37. The number of pyridine rings is 1. The fourth-order valence-corrected chi connectivity index (χ4v) is 2.20. The van der Waals surface area contributed by atoms with E-state index in [4.69, 9.17) is 5.73 Å². The van der Waals surface area contributed by atoms with E-state index < -0.39 is 0 Å². The third-order valence-electron chi connectivity index (χ3n) is 3.14. The fraction of sp³-hybridized carbons (Fsp3) is 0.385. The van der Waals surface area contributed by atoms with E-state index in [9.17, 15) is 0 Å². The molecule has 0 aliphatic carbocycles. The van der Waals surface area contributed by atoms with Crippen molar-refractivity contribution in [1.82, 2.24) is 14.8 Å². The van der Waals surface area contributed by atoms with Crippen LogP contribution in [0.15, 0.2) is 24.5 Å². The quantitative estimate of drug-likeness (QED) is 0.872. The van der Waals surface area contributed by atoms with Gasteiger partial charge >= 0.3 is 0 Å². The first-order chi connectivity index (χ1) is 8.09. The highest BCUT2D eigenvalue weighted by atomic mass is 15.3. The van der Waals surface area contributed by atoms with Crippen LogP contribution in [-0.2, 0) is 13.5 Å². The first kappa shape index (κ1) is 11.8. The molecule has 2 heterocycles. The minimum atomic E-state index is -0.00824. The largest absolute Gasteiger partial charge is 0.324 e. The van der Waals surface area contributed by atoms with Crippen molar-refractivity contribution in [1.29, 1.82) is 0 Å². The van der Waals surface area contributed by atoms with Crippen LogP contribution < -0.4 is 5.73 Å². The minimum absolute atomic E-state index is 0.00824. The highest BCUT2D eigenvalue weighted by molar-refractivity contribution is 5.29. The Hall–Kier alpha value is -1.68. The molecule has 4 nitrogen and oxygen atoms in total. The van der Waals surface area contributed by atoms with Gasteiger partial charge in [0.2, 0.25) is 0 Å². The zero-order valence-electron chi connectivity index (χ0n) is 10.5. The van der Waals surface area contributed by atoms with Crippen molar-refractivity contribution >= 4 is 0 Å². The van der Waals surface area contributed by atoms with E-state index in [1.807, 2.05) is 30.8 Å². The first-order valence-corrected chi connectivity index (χ1v) is 5.74. The van der Waals surface area contributed by atoms with E-state index in [-0.39, 0.29) is 6.04 Å². The van der Waals surface area contributed by atoms with Crippen molar-refractivity contribution in [2.75, 3.05) is 0 Å². The van der Waals surface area contributed by atoms with Crippen LogP contribution in [0.1, 0.15) is 28.6 Å². The summed E-state index contributed by atoms with van der Waals surface area (Å²) in [6.45, 7) is 4.07. The highest BCUT2D eigenvalue weighted by Gasteiger charge is 2.16. The van der Waals surface area contributed by atoms with Crippen LogP contribution in [0.2, 0.25) is 0 Å². The standard InChI is InChI=1S/C13H18N4/c1-9-13(10(2)17(3)16-9)12(14)8-11-4-6-15-7-5-11/h4-7,12H,8,14H2,1-3H3. The number of nitrogens with two attached hydrogens (primary N) is 1. The van der Waals surface area contributed by atoms with Crippen LogP contribution in [0, 0.1) is 13.8 Å². The average Bonchev–Trinajstić information content (AvgIpc) is 2.54. The molecule has 0 radical (unpaired) electrons. The van der Waals surface area contributed by atoms with E-state index in [2.05, 4.69) is 17.0 Å². The molecule has 17 heavy (non-hydrogen) atoms. The molecule has 0 aliphatic rings. The summed E-state index contributed by atoms with van der Waals surface area (Å²) in [5.74, 6) is 0. The first-order valence-electron chi connectivity index (χ1n) is 5.74. The van der Waals surface area contributed by atoms with Crippen LogP contribution in [0.4, 0.5) is 0 Å². The maximum absolute atomic E-state index is 6.27. The lowest BCUT2D eigenvalue weighted by Gasteiger charge is -2.12. The van der Waals surface area contributed by atoms with E-state index in [0.29, 0.717) is 0 Å². The summed E-state index contributed by atoms with van der Waals surface area (Å²) < 4.78 is 1.89. The number of hydrogen-bond acceptors (Lipinski definition) is 3. The normalized spacial score (nSPS) is 12.7. The third kappa shape index (κ3) is 2.36. The lowest BCUT2D eigenvalue weighted by molar-refractivity contribution is 0.700. The lowest BCUT2D eigenvalue weighted by Crippen LogP contribution is -2.15. The molecule has 1 atom stereocenters. The van der Waals surface area contributed by atoms with Gasteiger partial charge in [0.15, 0.2) is 0 Å². The SMILES string of the molecule is Cc1nn(C)c(C)c1C(N)Cc1ccncc1. The minimum Gasteiger partial charge on any atom is -0.324 e. The zero-order chi connectivity index (χ0) is 12.4. The van der Waals surface area contributed by atoms with Gasteiger partial charge in [0.1, 0.15) is 0 Å². The Labute approximate surface area is 101 Å². The number of hydrogen-bond donors (Lipinski definition) is 1. The monoisotopic (exact) mass is 230 g/mol. The van der Waals surface area contributed by atoms with E-state index >= 15 is 0 Å². The maximum atomic E-state index is 6.27. The Morgan fingerprint density at radius 3 is 2.47 bits per heavy atom. The van der Waals surface area contributed by atoms with Gasteiger partial charge < -0.3 is 5.73 Å². The molecule has 0 bridgehead atoms. The summed E-state index contributed by atoms with van der Waals surface area (Å²) in [4.78, 5) is 4.01. The third-order valence-corrected chi connectivity index (χ3v) is 3.14. The Morgan fingerprint density at radius 1 is 1.29 bits per heavy atom. The fourth-order valence-electron chi connectivity index (χ4n) is 2.20. The van der Waals surface area contributed by atoms with E-state index in [0.717, 1.165) is 23.4 Å². The number of nitrogens with zero attached hydrogens (tertiary/aromatic N) is 3. The lowest BCUT2D eigenvalue weighted by atomic mass is 9.99. The Kier molecular flexibility index (Phi) is 3.24. The van der Waals surface area contributed by atoms with Crippen molar-refractivity contribution in [3.8, 4) is 0 Å². The molecule has 4 heteroatoms. The summed E-state index contributed by atoms with van der Waals surface area (Å²) in [5.41, 5.74) is 10.8. The van der Waals surface area contributed by atoms with Gasteiger partial charge in [0.05, 0.1) is 5.69 Å². The number of rotatable bonds is 3. The van der Waals surface area contributed by atoms with Gasteiger partial charge in [-0.2, -0.15) is 5.10 Å². The second-order valence-electron chi connectivity index (χ2n) is 4.37. The maximum Gasteiger partial charge on any atom is 0.0644 e. The topological polar surface area (TPSA) is 56.7 Å². The second kappa shape index (κ2) is 4.67. The summed E-state index contributed by atoms with van der Waals surface area (Å²) in [7, 11) is 1.95. The van der Waals surface area contributed by atoms with Crippen LogP contribution in [0.25, 0.3) is 0 Å². The van der Waals surface area contributed by atoms with Gasteiger partial charge in [-0.3, -0.25) is 9.67 Å². The van der Waals surface area contributed by atoms with Crippen molar-refractivity contribution in [2.45, 2.75) is 26.3 Å². The van der Waals surface area contributed by atoms with Gasteiger partial charge in [-0.05, 0) is 38.0 Å². The average molecular weight is 230 g/mol. The molecule has 2 aromatic heterocycles. The van der Waals surface area contributed by atoms with Crippen molar-refractivity contribution in [3.05, 3.63) is 47.0 Å². The van der Waals surface area contributed by atoms with Crippen LogP contribution in [0.5, 0.6) is 0 Å². The summed E-state index contributed by atoms with van der Waals surface area (Å²) in [5, 5.41) is 4.40. The number of aryl methyl sites for hydroxylation is 2. The molecular weight excluding hydrogens is 212 g/mol. The molecule has 0 aliphatic heterocycles. The van der Waals surface area contributed by atoms with E-state index in [1.165, 1.54) is 5.56 Å². The van der Waals surface area contributed by atoms with Crippen LogP contribution in [0.3, 0.4) is 0 Å². The predicted molar refractivity (Wildman–Crippen MR) is 67.6 cm³/mol. The van der Waals surface area contributed by atoms with Crippen molar-refractivity contribution in [2.24, 2.45) is 12.8 Å². The van der Waals surface area contributed by atoms with Crippen LogP contribution in [-0.4, -0.2) is 14.8 Å². The van der Waals surface area contributed by atoms with Crippen molar-refractivity contribution < 1.29 is 0 Å². The highest BCUT2D eigenvalue weighted by Crippen LogP contribution is 2.22. The molecule has 0 spiro atoms. The van der Waals surface area contributed by atoms with Crippen LogP contribution >= 0.6 is 0 Å². The van der Waals surface area contributed by atoms with Gasteiger partial charge in [0.25, 0.3) is 0 Å². The smallest absolute Gasteiger partial charge is 0.0644 e. The van der Waals surface area contributed by atoms with Gasteiger partial charge in [0, 0.05) is 36.7 Å². The molecule has 0 saturated carbocycles. The molecule has 0 saturated heterocycles. The van der Waals surface area contributed by atoms with Crippen molar-refractivity contribution in [3.63, 3.8) is 0 Å². The Morgan fingerprint density at radius 2 is 1.94 bits per heavy atom. The van der Waals surface area contributed by atoms with Gasteiger partial charge in [-0.15, -0.1) is 0 Å². The molecule has 0 amide bonds. The predicted octanol–water partition coefficient (Wildman–Crippen LogP) is 1.67. The molecule has 1 unspecified atom stereocenters. The Balaban J connectivity index is 2.23. The Bertz CT molecular complexity index is 502. The summed E-state index contributed by atoms with van der Waals surface area (Å²) in [6, 6.07) is 3.99. The summed E-state index contributed by atoms with van der Waals surface area (Å²) >= 11 is 0. The molecule has 0 fully saturated rings. The van der Waals surface area contributed by atoms with E-state index in [1.54, 1.807) is 12.4 Å². The molecule has 90 valence electrons. The zero-order valence-corrected chi connectivity index (χ0v) is 10.5. The van der Waals surface area contributed by atoms with Gasteiger partial charge in [-0.1, -0.05) is 0 Å². The summed E-state index contributed by atoms with van der Waals surface area (Å²) in [6.07, 6.45) is 4.41. The molecule has 2 N–H and O–H groups in total. The molecule has 2 rings (SSSR count). The molecule has 0 aromatic carbocycles. The molecular formula is C13H18N4. The van der Waals surface area contributed by atoms with Gasteiger partial charge in [-0.25, -0.2) is 0 Å².